The molecule has 0 bridgehead atoms. The van der Waals surface area contributed by atoms with E-state index in [1.165, 1.54) is 0 Å². The lowest BCUT2D eigenvalue weighted by Crippen LogP contribution is -2.38. The number of fused-ring (bicyclic) bond motifs is 1. The van der Waals surface area contributed by atoms with Crippen molar-refractivity contribution >= 4 is 40.0 Å². The molecule has 2 heterocycles. The number of halogens is 1. The smallest absolute Gasteiger partial charge is 0.278 e. The molecular weight excluding hydrogens is 352 g/mol. The van der Waals surface area contributed by atoms with E-state index in [4.69, 9.17) is 21.3 Å². The van der Waals surface area contributed by atoms with Crippen molar-refractivity contribution in [2.24, 2.45) is 0 Å². The number of anilines is 2. The molecule has 2 aromatic carbocycles. The summed E-state index contributed by atoms with van der Waals surface area (Å²) in [5.74, 6) is 0.263. The van der Waals surface area contributed by atoms with E-state index < -0.39 is 0 Å². The lowest BCUT2D eigenvalue weighted by molar-refractivity contribution is 0.102. The third-order valence-corrected chi connectivity index (χ3v) is 4.40. The molecule has 1 N–H and O–H groups in total. The molecule has 6 nitrogen and oxygen atoms in total. The van der Waals surface area contributed by atoms with Gasteiger partial charge >= 0.3 is 0 Å². The van der Waals surface area contributed by atoms with Gasteiger partial charge in [0.1, 0.15) is 0 Å². The summed E-state index contributed by atoms with van der Waals surface area (Å²) in [5.41, 5.74) is 2.35. The summed E-state index contributed by atoms with van der Waals surface area (Å²) in [7, 11) is 0. The number of hydrogen-bond donors (Lipinski definition) is 1. The van der Waals surface area contributed by atoms with Crippen LogP contribution < -0.4 is 10.2 Å². The Morgan fingerprint density at radius 3 is 2.50 bits per heavy atom. The molecule has 1 aliphatic rings. The maximum absolute atomic E-state index is 12.9. The molecule has 7 heteroatoms. The molecule has 1 fully saturated rings. The van der Waals surface area contributed by atoms with Crippen LogP contribution in [0.5, 0.6) is 0 Å². The van der Waals surface area contributed by atoms with E-state index in [-0.39, 0.29) is 5.91 Å². The van der Waals surface area contributed by atoms with Gasteiger partial charge in [0.15, 0.2) is 11.5 Å². The fourth-order valence-corrected chi connectivity index (χ4v) is 3.09. The molecule has 0 spiro atoms. The van der Waals surface area contributed by atoms with Crippen LogP contribution >= 0.6 is 11.6 Å². The Balaban J connectivity index is 1.74. The van der Waals surface area contributed by atoms with Crippen molar-refractivity contribution in [1.29, 1.82) is 0 Å². The molecule has 132 valence electrons. The van der Waals surface area contributed by atoms with Crippen LogP contribution in [0.2, 0.25) is 5.02 Å². The number of ether oxygens (including phenoxy) is 1. The number of rotatable bonds is 3. The molecule has 0 radical (unpaired) electrons. The minimum Gasteiger partial charge on any atom is -0.378 e. The third-order valence-electron chi connectivity index (χ3n) is 4.16. The van der Waals surface area contributed by atoms with Gasteiger partial charge in [-0.1, -0.05) is 29.8 Å². The second-order valence-corrected chi connectivity index (χ2v) is 6.38. The fourth-order valence-electron chi connectivity index (χ4n) is 2.90. The van der Waals surface area contributed by atoms with Crippen LogP contribution in [0.1, 0.15) is 10.5 Å². The van der Waals surface area contributed by atoms with Crippen molar-refractivity contribution < 1.29 is 9.53 Å². The van der Waals surface area contributed by atoms with Gasteiger partial charge in [0, 0.05) is 23.8 Å². The lowest BCUT2D eigenvalue weighted by atomic mass is 10.2. The Bertz CT molecular complexity index is 957. The van der Waals surface area contributed by atoms with Gasteiger partial charge < -0.3 is 15.0 Å². The number of hydrogen-bond acceptors (Lipinski definition) is 5. The first kappa shape index (κ1) is 16.8. The fraction of sp³-hybridized carbons (Fsp3) is 0.211. The topological polar surface area (TPSA) is 67.4 Å². The molecule has 1 aliphatic heterocycles. The summed E-state index contributed by atoms with van der Waals surface area (Å²) in [6, 6.07) is 14.6. The van der Waals surface area contributed by atoms with E-state index in [2.05, 4.69) is 10.3 Å². The predicted octanol–water partition coefficient (Wildman–Crippen LogP) is 3.37. The molecule has 1 aromatic heterocycles. The van der Waals surface area contributed by atoms with Crippen LogP contribution in [0.15, 0.2) is 48.5 Å². The Hall–Kier alpha value is -2.70. The van der Waals surface area contributed by atoms with Crippen LogP contribution in [0.4, 0.5) is 11.5 Å². The van der Waals surface area contributed by atoms with Crippen molar-refractivity contribution in [3.63, 3.8) is 0 Å². The summed E-state index contributed by atoms with van der Waals surface area (Å²) in [4.78, 5) is 24.2. The largest absolute Gasteiger partial charge is 0.378 e. The number of carbonyl (C=O) groups is 1. The average Bonchev–Trinajstić information content (AvgIpc) is 2.67. The predicted molar refractivity (Wildman–Crippen MR) is 102 cm³/mol. The lowest BCUT2D eigenvalue weighted by Gasteiger charge is -2.29. The molecule has 0 saturated carbocycles. The third kappa shape index (κ3) is 3.47. The van der Waals surface area contributed by atoms with Gasteiger partial charge in [0.05, 0.1) is 24.2 Å². The van der Waals surface area contributed by atoms with Crippen LogP contribution in [-0.4, -0.2) is 42.2 Å². The number of benzene rings is 2. The zero-order valence-corrected chi connectivity index (χ0v) is 14.7. The van der Waals surface area contributed by atoms with E-state index in [9.17, 15) is 4.79 Å². The summed E-state index contributed by atoms with van der Waals surface area (Å²) >= 11 is 6.00. The standard InChI is InChI=1S/C19H17ClN4O2/c20-13-4-3-5-14(12-13)21-19(25)17-18(24-8-10-26-11-9-24)23-16-7-2-1-6-15(16)22-17/h1-7,12H,8-11H2,(H,21,25). The van der Waals surface area contributed by atoms with Crippen molar-refractivity contribution in [3.05, 3.63) is 59.2 Å². The van der Waals surface area contributed by atoms with E-state index in [0.29, 0.717) is 54.0 Å². The first-order chi connectivity index (χ1) is 12.7. The average molecular weight is 369 g/mol. The zero-order valence-electron chi connectivity index (χ0n) is 14.0. The molecule has 0 unspecified atom stereocenters. The number of aromatic nitrogens is 2. The van der Waals surface area contributed by atoms with E-state index in [1.54, 1.807) is 24.3 Å². The number of amides is 1. The second-order valence-electron chi connectivity index (χ2n) is 5.95. The summed E-state index contributed by atoms with van der Waals surface area (Å²) in [5, 5.41) is 3.42. The highest BCUT2D eigenvalue weighted by Crippen LogP contribution is 2.23. The molecule has 1 amide bonds. The normalized spacial score (nSPS) is 14.4. The zero-order chi connectivity index (χ0) is 17.9. The van der Waals surface area contributed by atoms with Gasteiger partial charge in [0.2, 0.25) is 0 Å². The second kappa shape index (κ2) is 7.27. The van der Waals surface area contributed by atoms with Crippen LogP contribution in [0.3, 0.4) is 0 Å². The van der Waals surface area contributed by atoms with Gasteiger partial charge in [-0.15, -0.1) is 0 Å². The first-order valence-electron chi connectivity index (χ1n) is 8.37. The van der Waals surface area contributed by atoms with Gasteiger partial charge in [-0.3, -0.25) is 4.79 Å². The van der Waals surface area contributed by atoms with Crippen LogP contribution in [0.25, 0.3) is 11.0 Å². The van der Waals surface area contributed by atoms with Gasteiger partial charge in [-0.2, -0.15) is 0 Å². The van der Waals surface area contributed by atoms with Crippen LogP contribution in [-0.2, 0) is 4.74 Å². The summed E-state index contributed by atoms with van der Waals surface area (Å²) in [6.45, 7) is 2.54. The molecule has 0 atom stereocenters. The Morgan fingerprint density at radius 1 is 1.04 bits per heavy atom. The number of para-hydroxylation sites is 2. The van der Waals surface area contributed by atoms with Gasteiger partial charge in [0.25, 0.3) is 5.91 Å². The van der Waals surface area contributed by atoms with Crippen molar-refractivity contribution in [2.75, 3.05) is 36.5 Å². The van der Waals surface area contributed by atoms with Gasteiger partial charge in [-0.05, 0) is 30.3 Å². The number of morpholine rings is 1. The maximum atomic E-state index is 12.9. The van der Waals surface area contributed by atoms with E-state index >= 15 is 0 Å². The molecule has 1 saturated heterocycles. The Kier molecular flexibility index (Phi) is 4.69. The van der Waals surface area contributed by atoms with Crippen molar-refractivity contribution in [3.8, 4) is 0 Å². The quantitative estimate of drug-likeness (QED) is 0.767. The minimum absolute atomic E-state index is 0.297. The van der Waals surface area contributed by atoms with Crippen molar-refractivity contribution in [2.45, 2.75) is 0 Å². The van der Waals surface area contributed by atoms with E-state index in [1.807, 2.05) is 29.2 Å². The number of nitrogens with one attached hydrogen (secondary N) is 1. The highest BCUT2D eigenvalue weighted by Gasteiger charge is 2.23. The molecule has 0 aliphatic carbocycles. The number of carbonyl (C=O) groups excluding carboxylic acids is 1. The molecule has 4 rings (SSSR count). The maximum Gasteiger partial charge on any atom is 0.278 e. The highest BCUT2D eigenvalue weighted by atomic mass is 35.5. The van der Waals surface area contributed by atoms with Crippen LogP contribution in [0, 0.1) is 0 Å². The minimum atomic E-state index is -0.313. The number of nitrogens with zero attached hydrogens (tertiary/aromatic N) is 3. The van der Waals surface area contributed by atoms with E-state index in [0.717, 1.165) is 5.52 Å². The molecule has 26 heavy (non-hydrogen) atoms. The molecule has 3 aromatic rings. The molecular formula is C19H17ClN4O2. The SMILES string of the molecule is O=C(Nc1cccc(Cl)c1)c1nc2ccccc2nc1N1CCOCC1. The first-order valence-corrected chi connectivity index (χ1v) is 8.75. The summed E-state index contributed by atoms with van der Waals surface area (Å²) in [6.07, 6.45) is 0. The highest BCUT2D eigenvalue weighted by molar-refractivity contribution is 6.31. The monoisotopic (exact) mass is 368 g/mol. The Labute approximate surface area is 155 Å². The van der Waals surface area contributed by atoms with Crippen molar-refractivity contribution in [1.82, 2.24) is 9.97 Å². The van der Waals surface area contributed by atoms with Gasteiger partial charge in [-0.25, -0.2) is 9.97 Å². The summed E-state index contributed by atoms with van der Waals surface area (Å²) < 4.78 is 5.41. The Morgan fingerprint density at radius 2 is 1.77 bits per heavy atom.